The number of amides is 1. The summed E-state index contributed by atoms with van der Waals surface area (Å²) in [6, 6.07) is 16.1. The Kier molecular flexibility index (Phi) is 7.60. The van der Waals surface area contributed by atoms with E-state index >= 15 is 0 Å². The van der Waals surface area contributed by atoms with Crippen molar-refractivity contribution in [3.05, 3.63) is 65.7 Å². The van der Waals surface area contributed by atoms with Crippen LogP contribution in [0.4, 0.5) is 0 Å². The molecule has 1 heterocycles. The van der Waals surface area contributed by atoms with Crippen LogP contribution in [0, 0.1) is 0 Å². The third kappa shape index (κ3) is 5.77. The Labute approximate surface area is 169 Å². The SMILES string of the molecule is O=C(NCCCOc1cccc([C@H]2OC(CO)CC(O)C2O)c1)c1ccccc1. The van der Waals surface area contributed by atoms with Crippen molar-refractivity contribution in [3.8, 4) is 5.75 Å². The van der Waals surface area contributed by atoms with Crippen LogP contribution in [0.1, 0.15) is 34.9 Å². The van der Waals surface area contributed by atoms with Gasteiger partial charge >= 0.3 is 0 Å². The Morgan fingerprint density at radius 3 is 2.69 bits per heavy atom. The molecule has 1 amide bonds. The van der Waals surface area contributed by atoms with Gasteiger partial charge in [0.1, 0.15) is 18.0 Å². The second-order valence-electron chi connectivity index (χ2n) is 7.05. The zero-order valence-corrected chi connectivity index (χ0v) is 16.1. The molecule has 0 radical (unpaired) electrons. The lowest BCUT2D eigenvalue weighted by Gasteiger charge is -2.36. The van der Waals surface area contributed by atoms with E-state index in [0.717, 1.165) is 0 Å². The van der Waals surface area contributed by atoms with E-state index in [0.29, 0.717) is 36.4 Å². The second-order valence-corrected chi connectivity index (χ2v) is 7.05. The molecule has 0 aromatic heterocycles. The monoisotopic (exact) mass is 401 g/mol. The summed E-state index contributed by atoms with van der Waals surface area (Å²) >= 11 is 0. The van der Waals surface area contributed by atoms with E-state index in [1.54, 1.807) is 36.4 Å². The minimum Gasteiger partial charge on any atom is -0.494 e. The molecular formula is C22H27NO6. The van der Waals surface area contributed by atoms with E-state index in [4.69, 9.17) is 9.47 Å². The summed E-state index contributed by atoms with van der Waals surface area (Å²) in [7, 11) is 0. The molecule has 0 saturated carbocycles. The molecule has 0 aliphatic carbocycles. The highest BCUT2D eigenvalue weighted by Crippen LogP contribution is 2.33. The quantitative estimate of drug-likeness (QED) is 0.499. The normalized spacial score (nSPS) is 24.1. The first kappa shape index (κ1) is 21.3. The summed E-state index contributed by atoms with van der Waals surface area (Å²) in [4.78, 5) is 12.0. The van der Waals surface area contributed by atoms with Crippen molar-refractivity contribution in [2.75, 3.05) is 19.8 Å². The number of ether oxygens (including phenoxy) is 2. The number of nitrogens with one attached hydrogen (secondary N) is 1. The van der Waals surface area contributed by atoms with Crippen LogP contribution in [0.25, 0.3) is 0 Å². The largest absolute Gasteiger partial charge is 0.494 e. The predicted octanol–water partition coefficient (Wildman–Crippen LogP) is 1.43. The minimum absolute atomic E-state index is 0.118. The number of carbonyl (C=O) groups excluding carboxylic acids is 1. The fraction of sp³-hybridized carbons (Fsp3) is 0.409. The van der Waals surface area contributed by atoms with Crippen LogP contribution in [0.2, 0.25) is 0 Å². The summed E-state index contributed by atoms with van der Waals surface area (Å²) in [6.07, 6.45) is -2.44. The van der Waals surface area contributed by atoms with Gasteiger partial charge in [0.15, 0.2) is 0 Å². The summed E-state index contributed by atoms with van der Waals surface area (Å²) in [5.41, 5.74) is 1.29. The molecule has 2 aromatic carbocycles. The lowest BCUT2D eigenvalue weighted by molar-refractivity contribution is -0.179. The van der Waals surface area contributed by atoms with E-state index in [1.165, 1.54) is 0 Å². The second kappa shape index (κ2) is 10.4. The molecule has 0 spiro atoms. The average molecular weight is 401 g/mol. The van der Waals surface area contributed by atoms with Gasteiger partial charge in [-0.2, -0.15) is 0 Å². The zero-order valence-electron chi connectivity index (χ0n) is 16.1. The highest BCUT2D eigenvalue weighted by atomic mass is 16.5. The number of hydrogen-bond donors (Lipinski definition) is 4. The highest BCUT2D eigenvalue weighted by molar-refractivity contribution is 5.94. The van der Waals surface area contributed by atoms with Crippen LogP contribution in [0.15, 0.2) is 54.6 Å². The van der Waals surface area contributed by atoms with Crippen LogP contribution in [-0.4, -0.2) is 59.3 Å². The molecule has 3 rings (SSSR count). The Morgan fingerprint density at radius 2 is 1.93 bits per heavy atom. The zero-order chi connectivity index (χ0) is 20.6. The summed E-state index contributed by atoms with van der Waals surface area (Å²) < 4.78 is 11.4. The highest BCUT2D eigenvalue weighted by Gasteiger charge is 2.37. The number of aliphatic hydroxyl groups excluding tert-OH is 3. The maximum absolute atomic E-state index is 12.0. The van der Waals surface area contributed by atoms with E-state index in [-0.39, 0.29) is 18.9 Å². The Balaban J connectivity index is 1.48. The molecule has 4 N–H and O–H groups in total. The van der Waals surface area contributed by atoms with Crippen molar-refractivity contribution in [1.29, 1.82) is 0 Å². The number of carbonyl (C=O) groups is 1. The van der Waals surface area contributed by atoms with Crippen molar-refractivity contribution in [2.45, 2.75) is 37.3 Å². The first-order valence-corrected chi connectivity index (χ1v) is 9.77. The molecule has 1 aliphatic rings. The molecule has 0 bridgehead atoms. The van der Waals surface area contributed by atoms with E-state index in [9.17, 15) is 20.1 Å². The van der Waals surface area contributed by atoms with Gasteiger partial charge in [-0.15, -0.1) is 0 Å². The Hall–Kier alpha value is -2.45. The van der Waals surface area contributed by atoms with Gasteiger partial charge in [0.05, 0.1) is 25.4 Å². The fourth-order valence-electron chi connectivity index (χ4n) is 3.28. The molecule has 1 fully saturated rings. The fourth-order valence-corrected chi connectivity index (χ4v) is 3.28. The third-order valence-electron chi connectivity index (χ3n) is 4.85. The van der Waals surface area contributed by atoms with Crippen molar-refractivity contribution >= 4 is 5.91 Å². The van der Waals surface area contributed by atoms with Gasteiger partial charge in [-0.25, -0.2) is 0 Å². The van der Waals surface area contributed by atoms with Crippen LogP contribution in [0.5, 0.6) is 5.75 Å². The van der Waals surface area contributed by atoms with Gasteiger partial charge in [0, 0.05) is 18.5 Å². The number of benzene rings is 2. The number of hydrogen-bond acceptors (Lipinski definition) is 6. The smallest absolute Gasteiger partial charge is 0.251 e. The van der Waals surface area contributed by atoms with Gasteiger partial charge < -0.3 is 30.1 Å². The minimum atomic E-state index is -1.07. The Morgan fingerprint density at radius 1 is 1.14 bits per heavy atom. The predicted molar refractivity (Wildman–Crippen MR) is 107 cm³/mol. The van der Waals surface area contributed by atoms with Crippen molar-refractivity contribution in [3.63, 3.8) is 0 Å². The maximum Gasteiger partial charge on any atom is 0.251 e. The number of aliphatic hydroxyl groups is 3. The molecule has 1 saturated heterocycles. The Bertz CT molecular complexity index is 784. The van der Waals surface area contributed by atoms with Gasteiger partial charge in [0.25, 0.3) is 5.91 Å². The molecule has 7 nitrogen and oxygen atoms in total. The van der Waals surface area contributed by atoms with E-state index in [1.807, 2.05) is 18.2 Å². The van der Waals surface area contributed by atoms with Gasteiger partial charge in [-0.05, 0) is 36.2 Å². The lowest BCUT2D eigenvalue weighted by atomic mass is 9.93. The van der Waals surface area contributed by atoms with Gasteiger partial charge in [-0.1, -0.05) is 30.3 Å². The maximum atomic E-state index is 12.0. The van der Waals surface area contributed by atoms with E-state index in [2.05, 4.69) is 5.32 Å². The summed E-state index contributed by atoms with van der Waals surface area (Å²) in [5.74, 6) is 0.487. The van der Waals surface area contributed by atoms with Crippen molar-refractivity contribution < 1.29 is 29.6 Å². The van der Waals surface area contributed by atoms with Crippen LogP contribution in [0.3, 0.4) is 0 Å². The van der Waals surface area contributed by atoms with E-state index < -0.39 is 24.4 Å². The molecule has 2 aromatic rings. The lowest BCUT2D eigenvalue weighted by Crippen LogP contribution is -2.44. The van der Waals surface area contributed by atoms with Crippen molar-refractivity contribution in [1.82, 2.24) is 5.32 Å². The van der Waals surface area contributed by atoms with Crippen LogP contribution in [-0.2, 0) is 4.74 Å². The first-order valence-electron chi connectivity index (χ1n) is 9.77. The number of rotatable bonds is 8. The van der Waals surface area contributed by atoms with Crippen LogP contribution < -0.4 is 10.1 Å². The molecule has 1 aliphatic heterocycles. The van der Waals surface area contributed by atoms with Gasteiger partial charge in [0.2, 0.25) is 0 Å². The molecule has 3 unspecified atom stereocenters. The average Bonchev–Trinajstić information content (AvgIpc) is 2.76. The molecular weight excluding hydrogens is 374 g/mol. The van der Waals surface area contributed by atoms with Crippen LogP contribution >= 0.6 is 0 Å². The third-order valence-corrected chi connectivity index (χ3v) is 4.85. The molecule has 4 atom stereocenters. The first-order chi connectivity index (χ1) is 14.1. The topological polar surface area (TPSA) is 108 Å². The summed E-state index contributed by atoms with van der Waals surface area (Å²) in [6.45, 7) is 0.682. The molecule has 29 heavy (non-hydrogen) atoms. The molecule has 156 valence electrons. The van der Waals surface area contributed by atoms with Crippen molar-refractivity contribution in [2.24, 2.45) is 0 Å². The summed E-state index contributed by atoms with van der Waals surface area (Å²) in [5, 5.41) is 32.4. The standard InChI is InChI=1S/C22H27NO6/c24-14-18-13-19(25)20(26)21(29-18)16-8-4-9-17(12-16)28-11-5-10-23-22(27)15-6-2-1-3-7-15/h1-4,6-9,12,18-21,24-26H,5,10-11,13-14H2,(H,23,27)/t18?,19?,20?,21-/m1/s1. The van der Waals surface area contributed by atoms with Gasteiger partial charge in [-0.3, -0.25) is 4.79 Å². The molecule has 7 heteroatoms.